The predicted molar refractivity (Wildman–Crippen MR) is 103 cm³/mol. The van der Waals surface area contributed by atoms with E-state index in [0.717, 1.165) is 24.2 Å². The van der Waals surface area contributed by atoms with E-state index in [-0.39, 0.29) is 17.5 Å². The molecule has 4 heterocycles. The van der Waals surface area contributed by atoms with Gasteiger partial charge in [0.15, 0.2) is 0 Å². The molecule has 5 rings (SSSR count). The Morgan fingerprint density at radius 3 is 2.61 bits per heavy atom. The van der Waals surface area contributed by atoms with Gasteiger partial charge in [0.2, 0.25) is 0 Å². The number of anilines is 1. The van der Waals surface area contributed by atoms with E-state index in [9.17, 15) is 9.59 Å². The zero-order chi connectivity index (χ0) is 19.1. The molecule has 0 bridgehead atoms. The van der Waals surface area contributed by atoms with E-state index >= 15 is 0 Å². The summed E-state index contributed by atoms with van der Waals surface area (Å²) in [7, 11) is 0. The number of rotatable bonds is 4. The standard InChI is InChI=1S/C20H22N6O2/c27-18-16-14(8-9-21-18)17(26-11-20(12-26)10-22-19(28)25-20)24-15(23-16)7-6-13-4-2-1-3-5-13/h1-5H,6-12H2,(H,21,27)(H2,22,25,28). The molecule has 1 aromatic carbocycles. The minimum Gasteiger partial charge on any atom is -0.351 e. The minimum atomic E-state index is -0.226. The molecule has 0 radical (unpaired) electrons. The highest BCUT2D eigenvalue weighted by Gasteiger charge is 2.49. The van der Waals surface area contributed by atoms with Crippen LogP contribution in [0.25, 0.3) is 0 Å². The fourth-order valence-electron chi connectivity index (χ4n) is 4.20. The second kappa shape index (κ2) is 6.47. The first kappa shape index (κ1) is 17.0. The van der Waals surface area contributed by atoms with Crippen LogP contribution in [0.2, 0.25) is 0 Å². The number of urea groups is 1. The van der Waals surface area contributed by atoms with Crippen molar-refractivity contribution in [2.45, 2.75) is 24.8 Å². The highest BCUT2D eigenvalue weighted by Crippen LogP contribution is 2.32. The molecule has 2 fully saturated rings. The molecule has 8 nitrogen and oxygen atoms in total. The molecular weight excluding hydrogens is 356 g/mol. The third kappa shape index (κ3) is 2.94. The summed E-state index contributed by atoms with van der Waals surface area (Å²) in [5.74, 6) is 1.40. The van der Waals surface area contributed by atoms with Crippen LogP contribution in [0.15, 0.2) is 30.3 Å². The van der Waals surface area contributed by atoms with Gasteiger partial charge >= 0.3 is 6.03 Å². The Bertz CT molecular complexity index is 939. The van der Waals surface area contributed by atoms with Gasteiger partial charge in [0.25, 0.3) is 5.91 Å². The second-order valence-electron chi connectivity index (χ2n) is 7.73. The highest BCUT2D eigenvalue weighted by atomic mass is 16.2. The molecule has 2 aromatic rings. The summed E-state index contributed by atoms with van der Waals surface area (Å²) in [5.41, 5.74) is 2.40. The van der Waals surface area contributed by atoms with Gasteiger partial charge in [-0.1, -0.05) is 30.3 Å². The maximum absolute atomic E-state index is 12.4. The van der Waals surface area contributed by atoms with Gasteiger partial charge in [-0.2, -0.15) is 0 Å². The van der Waals surface area contributed by atoms with E-state index in [4.69, 9.17) is 4.98 Å². The van der Waals surface area contributed by atoms with Crippen molar-refractivity contribution in [1.82, 2.24) is 25.9 Å². The van der Waals surface area contributed by atoms with E-state index in [1.807, 2.05) is 18.2 Å². The van der Waals surface area contributed by atoms with Crippen LogP contribution in [0.3, 0.4) is 0 Å². The maximum Gasteiger partial charge on any atom is 0.315 e. The molecule has 8 heteroatoms. The summed E-state index contributed by atoms with van der Waals surface area (Å²) < 4.78 is 0. The smallest absolute Gasteiger partial charge is 0.315 e. The fraction of sp³-hybridized carbons (Fsp3) is 0.400. The van der Waals surface area contributed by atoms with Crippen molar-refractivity contribution in [2.75, 3.05) is 31.1 Å². The van der Waals surface area contributed by atoms with Gasteiger partial charge in [0.1, 0.15) is 17.3 Å². The van der Waals surface area contributed by atoms with Crippen LogP contribution in [-0.4, -0.2) is 53.6 Å². The molecule has 3 aliphatic heterocycles. The first-order valence-electron chi connectivity index (χ1n) is 9.65. The summed E-state index contributed by atoms with van der Waals surface area (Å²) in [6, 6.07) is 10.1. The van der Waals surface area contributed by atoms with Gasteiger partial charge in [-0.25, -0.2) is 14.8 Å². The van der Waals surface area contributed by atoms with E-state index in [1.165, 1.54) is 5.56 Å². The van der Waals surface area contributed by atoms with E-state index in [1.54, 1.807) is 0 Å². The van der Waals surface area contributed by atoms with Crippen molar-refractivity contribution in [3.63, 3.8) is 0 Å². The van der Waals surface area contributed by atoms with Gasteiger partial charge in [-0.05, 0) is 18.4 Å². The maximum atomic E-state index is 12.4. The molecule has 3 aliphatic rings. The molecule has 2 saturated heterocycles. The topological polar surface area (TPSA) is 99.2 Å². The number of aromatic nitrogens is 2. The van der Waals surface area contributed by atoms with Crippen molar-refractivity contribution in [2.24, 2.45) is 0 Å². The number of carbonyl (C=O) groups excluding carboxylic acids is 2. The Hall–Kier alpha value is -3.16. The van der Waals surface area contributed by atoms with Gasteiger partial charge in [0, 0.05) is 38.2 Å². The molecule has 0 aliphatic carbocycles. The fourth-order valence-corrected chi connectivity index (χ4v) is 4.20. The summed E-state index contributed by atoms with van der Waals surface area (Å²) in [5, 5.41) is 8.71. The minimum absolute atomic E-state index is 0.118. The number of aryl methyl sites for hydroxylation is 2. The first-order chi connectivity index (χ1) is 13.6. The number of benzene rings is 1. The number of fused-ring (bicyclic) bond motifs is 1. The second-order valence-corrected chi connectivity index (χ2v) is 7.73. The lowest BCUT2D eigenvalue weighted by Gasteiger charge is -2.48. The normalized spacial score (nSPS) is 19.5. The van der Waals surface area contributed by atoms with E-state index in [0.29, 0.717) is 44.1 Å². The Balaban J connectivity index is 1.42. The van der Waals surface area contributed by atoms with Crippen molar-refractivity contribution >= 4 is 17.8 Å². The molecule has 0 atom stereocenters. The summed E-state index contributed by atoms with van der Waals surface area (Å²) in [6.45, 7) is 2.60. The van der Waals surface area contributed by atoms with Crippen LogP contribution in [0.4, 0.5) is 10.6 Å². The van der Waals surface area contributed by atoms with Gasteiger partial charge in [0.05, 0.1) is 5.54 Å². The lowest BCUT2D eigenvalue weighted by Crippen LogP contribution is -2.69. The molecule has 1 aromatic heterocycles. The van der Waals surface area contributed by atoms with Crippen LogP contribution >= 0.6 is 0 Å². The average Bonchev–Trinajstić information content (AvgIpc) is 3.08. The first-order valence-corrected chi connectivity index (χ1v) is 9.65. The SMILES string of the molecule is O=C1NCC2(CN(c3nc(CCc4ccccc4)nc4c3CCNC4=O)C2)N1. The van der Waals surface area contributed by atoms with Crippen LogP contribution < -0.4 is 20.9 Å². The number of amides is 3. The summed E-state index contributed by atoms with van der Waals surface area (Å²) in [6.07, 6.45) is 2.23. The number of carbonyl (C=O) groups is 2. The van der Waals surface area contributed by atoms with Crippen molar-refractivity contribution in [3.05, 3.63) is 53.0 Å². The lowest BCUT2D eigenvalue weighted by molar-refractivity contribution is 0.0940. The lowest BCUT2D eigenvalue weighted by atomic mass is 9.90. The molecular formula is C20H22N6O2. The molecule has 144 valence electrons. The van der Waals surface area contributed by atoms with Crippen molar-refractivity contribution < 1.29 is 9.59 Å². The number of hydrogen-bond donors (Lipinski definition) is 3. The zero-order valence-electron chi connectivity index (χ0n) is 15.5. The highest BCUT2D eigenvalue weighted by molar-refractivity contribution is 5.96. The predicted octanol–water partition coefficient (Wildman–Crippen LogP) is 0.419. The number of hydrogen-bond acceptors (Lipinski definition) is 5. The van der Waals surface area contributed by atoms with Gasteiger partial charge in [-0.3, -0.25) is 4.79 Å². The number of nitrogens with zero attached hydrogens (tertiary/aromatic N) is 3. The van der Waals surface area contributed by atoms with E-state index < -0.39 is 0 Å². The Kier molecular flexibility index (Phi) is 3.92. The molecule has 0 unspecified atom stereocenters. The molecule has 28 heavy (non-hydrogen) atoms. The quantitative estimate of drug-likeness (QED) is 0.716. The third-order valence-corrected chi connectivity index (χ3v) is 5.64. The van der Waals surface area contributed by atoms with Crippen molar-refractivity contribution in [1.29, 1.82) is 0 Å². The number of nitrogens with one attached hydrogen (secondary N) is 3. The summed E-state index contributed by atoms with van der Waals surface area (Å²) >= 11 is 0. The van der Waals surface area contributed by atoms with Crippen LogP contribution in [0.5, 0.6) is 0 Å². The van der Waals surface area contributed by atoms with Crippen LogP contribution in [-0.2, 0) is 19.3 Å². The monoisotopic (exact) mass is 378 g/mol. The van der Waals surface area contributed by atoms with Gasteiger partial charge < -0.3 is 20.9 Å². The Morgan fingerprint density at radius 1 is 1.04 bits per heavy atom. The largest absolute Gasteiger partial charge is 0.351 e. The van der Waals surface area contributed by atoms with Gasteiger partial charge in [-0.15, -0.1) is 0 Å². The third-order valence-electron chi connectivity index (χ3n) is 5.64. The molecule has 3 N–H and O–H groups in total. The average molecular weight is 378 g/mol. The Labute approximate surface area is 162 Å². The molecule has 0 saturated carbocycles. The van der Waals surface area contributed by atoms with E-state index in [2.05, 4.69) is 38.0 Å². The summed E-state index contributed by atoms with van der Waals surface area (Å²) in [4.78, 5) is 35.5. The van der Waals surface area contributed by atoms with Crippen LogP contribution in [0, 0.1) is 0 Å². The Morgan fingerprint density at radius 2 is 1.86 bits per heavy atom. The molecule has 3 amide bonds. The molecule has 1 spiro atoms. The van der Waals surface area contributed by atoms with Crippen LogP contribution in [0.1, 0.15) is 27.4 Å². The van der Waals surface area contributed by atoms with Crippen molar-refractivity contribution in [3.8, 4) is 0 Å². The zero-order valence-corrected chi connectivity index (χ0v) is 15.5.